The van der Waals surface area contributed by atoms with Gasteiger partial charge < -0.3 is 5.32 Å². The number of carbonyl (C=O) groups excluding carboxylic acids is 2. The van der Waals surface area contributed by atoms with E-state index in [0.29, 0.717) is 12.3 Å². The molecule has 2 amide bonds. The Morgan fingerprint density at radius 3 is 2.18 bits per heavy atom. The zero-order valence-electron chi connectivity index (χ0n) is 14.7. The maximum absolute atomic E-state index is 13.0. The molecule has 2 rings (SSSR count). The first-order chi connectivity index (χ1) is 12.9. The summed E-state index contributed by atoms with van der Waals surface area (Å²) in [6.45, 7) is 3.50. The van der Waals surface area contributed by atoms with E-state index in [4.69, 9.17) is 0 Å². The molecule has 7 nitrogen and oxygen atoms in total. The van der Waals surface area contributed by atoms with Crippen LogP contribution in [0.15, 0.2) is 47.6 Å². The van der Waals surface area contributed by atoms with Gasteiger partial charge in [-0.05, 0) is 44.2 Å². The van der Waals surface area contributed by atoms with Crippen molar-refractivity contribution in [3.63, 3.8) is 0 Å². The third-order valence-corrected chi connectivity index (χ3v) is 4.79. The van der Waals surface area contributed by atoms with Crippen LogP contribution in [0.2, 0.25) is 0 Å². The molecule has 1 aromatic heterocycles. The van der Waals surface area contributed by atoms with Crippen LogP contribution in [0.5, 0.6) is 0 Å². The van der Waals surface area contributed by atoms with Crippen LogP contribution < -0.4 is 10.0 Å². The average Bonchev–Trinajstić information content (AvgIpc) is 2.60. The second-order valence-corrected chi connectivity index (χ2v) is 7.69. The number of sulfonamides is 1. The molecular weight excluding hydrogens is 399 g/mol. The van der Waals surface area contributed by atoms with Gasteiger partial charge in [-0.25, -0.2) is 13.1 Å². The minimum atomic E-state index is -4.86. The largest absolute Gasteiger partial charge is 0.417 e. The number of alkyl halides is 3. The highest BCUT2D eigenvalue weighted by Gasteiger charge is 2.36. The summed E-state index contributed by atoms with van der Waals surface area (Å²) in [5.41, 5.74) is -2.05. The molecule has 0 aliphatic rings. The van der Waals surface area contributed by atoms with E-state index in [-0.39, 0.29) is 16.5 Å². The van der Waals surface area contributed by atoms with E-state index in [1.54, 1.807) is 18.6 Å². The lowest BCUT2D eigenvalue weighted by Gasteiger charge is -2.13. The van der Waals surface area contributed by atoms with Crippen molar-refractivity contribution in [1.82, 2.24) is 15.0 Å². The first kappa shape index (κ1) is 21.4. The highest BCUT2D eigenvalue weighted by molar-refractivity contribution is 7.90. The molecule has 0 spiro atoms. The molecule has 0 unspecified atom stereocenters. The Bertz CT molecular complexity index is 987. The summed E-state index contributed by atoms with van der Waals surface area (Å²) in [5, 5.41) is 2.62. The highest BCUT2D eigenvalue weighted by Crippen LogP contribution is 2.31. The van der Waals surface area contributed by atoms with Gasteiger partial charge in [0, 0.05) is 24.0 Å². The van der Waals surface area contributed by atoms with E-state index < -0.39 is 39.1 Å². The zero-order chi connectivity index (χ0) is 21.1. The predicted molar refractivity (Wildman–Crippen MR) is 92.9 cm³/mol. The number of pyridine rings is 1. The fourth-order valence-electron chi connectivity index (χ4n) is 2.19. The first-order valence-corrected chi connectivity index (χ1v) is 9.39. The molecule has 2 N–H and O–H groups in total. The van der Waals surface area contributed by atoms with Crippen LogP contribution in [0.25, 0.3) is 0 Å². The van der Waals surface area contributed by atoms with Crippen molar-refractivity contribution in [3.05, 3.63) is 59.4 Å². The fraction of sp³-hybridized carbons (Fsp3) is 0.235. The van der Waals surface area contributed by atoms with Crippen molar-refractivity contribution in [2.24, 2.45) is 0 Å². The molecule has 150 valence electrons. The summed E-state index contributed by atoms with van der Waals surface area (Å²) in [6, 6.07) is 5.03. The molecule has 1 heterocycles. The number of hydrogen-bond acceptors (Lipinski definition) is 5. The van der Waals surface area contributed by atoms with Crippen LogP contribution in [-0.4, -0.2) is 31.3 Å². The van der Waals surface area contributed by atoms with Crippen LogP contribution in [0.3, 0.4) is 0 Å². The molecule has 1 aromatic carbocycles. The number of hydrogen-bond donors (Lipinski definition) is 2. The smallest absolute Gasteiger partial charge is 0.350 e. The Morgan fingerprint density at radius 1 is 1.04 bits per heavy atom. The van der Waals surface area contributed by atoms with Crippen LogP contribution >= 0.6 is 0 Å². The van der Waals surface area contributed by atoms with Crippen LogP contribution in [0.1, 0.15) is 40.1 Å². The second kappa shape index (κ2) is 7.97. The van der Waals surface area contributed by atoms with Gasteiger partial charge in [0.1, 0.15) is 0 Å². The number of aromatic nitrogens is 1. The fourth-order valence-corrected chi connectivity index (χ4v) is 3.16. The van der Waals surface area contributed by atoms with Crippen LogP contribution in [-0.2, 0) is 16.2 Å². The Kier molecular flexibility index (Phi) is 6.07. The number of nitrogens with zero attached hydrogens (tertiary/aromatic N) is 1. The Morgan fingerprint density at radius 2 is 1.64 bits per heavy atom. The maximum atomic E-state index is 13.0. The van der Waals surface area contributed by atoms with E-state index in [9.17, 15) is 31.2 Å². The molecule has 0 bridgehead atoms. The molecule has 0 saturated carbocycles. The van der Waals surface area contributed by atoms with E-state index >= 15 is 0 Å². The number of amides is 2. The van der Waals surface area contributed by atoms with Gasteiger partial charge in [0.15, 0.2) is 0 Å². The third kappa shape index (κ3) is 5.06. The maximum Gasteiger partial charge on any atom is 0.417 e. The van der Waals surface area contributed by atoms with Crippen molar-refractivity contribution < 1.29 is 31.2 Å². The monoisotopic (exact) mass is 415 g/mol. The van der Waals surface area contributed by atoms with Gasteiger partial charge in [0.25, 0.3) is 21.8 Å². The van der Waals surface area contributed by atoms with Gasteiger partial charge >= 0.3 is 6.18 Å². The molecule has 11 heteroatoms. The SMILES string of the molecule is CC(C)NC(=O)c1ccc(S(=O)(=O)NC(=O)c2cnccc2C(F)(F)F)cc1. The van der Waals surface area contributed by atoms with Gasteiger partial charge in [-0.1, -0.05) is 0 Å². The second-order valence-electron chi connectivity index (χ2n) is 6.01. The molecule has 2 aromatic rings. The average molecular weight is 415 g/mol. The van der Waals surface area contributed by atoms with Gasteiger partial charge in [0.2, 0.25) is 0 Å². The number of carbonyl (C=O) groups is 2. The lowest BCUT2D eigenvalue weighted by molar-refractivity contribution is -0.138. The lowest BCUT2D eigenvalue weighted by Crippen LogP contribution is -2.32. The minimum absolute atomic E-state index is 0.127. The van der Waals surface area contributed by atoms with Crippen molar-refractivity contribution >= 4 is 21.8 Å². The van der Waals surface area contributed by atoms with Crippen molar-refractivity contribution in [2.45, 2.75) is 31.0 Å². The number of nitrogens with one attached hydrogen (secondary N) is 2. The molecule has 0 aliphatic heterocycles. The minimum Gasteiger partial charge on any atom is -0.350 e. The van der Waals surface area contributed by atoms with Crippen molar-refractivity contribution in [3.8, 4) is 0 Å². The Labute approximate surface area is 159 Å². The van der Waals surface area contributed by atoms with E-state index in [2.05, 4.69) is 10.3 Å². The summed E-state index contributed by atoms with van der Waals surface area (Å²) in [7, 11) is -4.46. The molecule has 0 fully saturated rings. The van der Waals surface area contributed by atoms with E-state index in [1.165, 1.54) is 12.1 Å². The van der Waals surface area contributed by atoms with E-state index in [0.717, 1.165) is 18.3 Å². The lowest BCUT2D eigenvalue weighted by atomic mass is 10.1. The molecular formula is C17H16F3N3O4S. The van der Waals surface area contributed by atoms with Gasteiger partial charge in [-0.3, -0.25) is 14.6 Å². The molecule has 0 radical (unpaired) electrons. The van der Waals surface area contributed by atoms with Gasteiger partial charge in [-0.15, -0.1) is 0 Å². The summed E-state index contributed by atoms with van der Waals surface area (Å²) >= 11 is 0. The summed E-state index contributed by atoms with van der Waals surface area (Å²) in [4.78, 5) is 27.0. The quantitative estimate of drug-likeness (QED) is 0.780. The van der Waals surface area contributed by atoms with Crippen LogP contribution in [0, 0.1) is 0 Å². The van der Waals surface area contributed by atoms with Crippen molar-refractivity contribution in [2.75, 3.05) is 0 Å². The van der Waals surface area contributed by atoms with E-state index in [1.807, 2.05) is 0 Å². The molecule has 0 aliphatic carbocycles. The number of halogens is 3. The Balaban J connectivity index is 2.25. The summed E-state index contributed by atoms with van der Waals surface area (Å²) in [5.74, 6) is -1.89. The Hall–Kier alpha value is -2.95. The zero-order valence-corrected chi connectivity index (χ0v) is 15.6. The summed E-state index contributed by atoms with van der Waals surface area (Å²) < 4.78 is 65.1. The standard InChI is InChI=1S/C17H16F3N3O4S/c1-10(2)22-15(24)11-3-5-12(6-4-11)28(26,27)23-16(25)13-9-21-8-7-14(13)17(18,19)20/h3-10H,1-2H3,(H,22,24)(H,23,25). The van der Waals surface area contributed by atoms with Crippen LogP contribution in [0.4, 0.5) is 13.2 Å². The molecule has 0 saturated heterocycles. The predicted octanol–water partition coefficient (Wildman–Crippen LogP) is 2.36. The first-order valence-electron chi connectivity index (χ1n) is 7.91. The third-order valence-electron chi connectivity index (χ3n) is 3.44. The topological polar surface area (TPSA) is 105 Å². The summed E-state index contributed by atoms with van der Waals surface area (Å²) in [6.07, 6.45) is -3.38. The molecule has 28 heavy (non-hydrogen) atoms. The highest BCUT2D eigenvalue weighted by atomic mass is 32.2. The van der Waals surface area contributed by atoms with Crippen molar-refractivity contribution in [1.29, 1.82) is 0 Å². The number of benzene rings is 1. The normalized spacial score (nSPS) is 11.9. The van der Waals surface area contributed by atoms with Gasteiger partial charge in [-0.2, -0.15) is 13.2 Å². The van der Waals surface area contributed by atoms with Gasteiger partial charge in [0.05, 0.1) is 16.0 Å². The number of rotatable bonds is 5. The molecule has 0 atom stereocenters.